The van der Waals surface area contributed by atoms with E-state index in [9.17, 15) is 4.39 Å². The van der Waals surface area contributed by atoms with Gasteiger partial charge in [-0.1, -0.05) is 48.5 Å². The van der Waals surface area contributed by atoms with Gasteiger partial charge in [0.2, 0.25) is 0 Å². The van der Waals surface area contributed by atoms with Crippen molar-refractivity contribution >= 4 is 38.3 Å². The first kappa shape index (κ1) is 13.6. The van der Waals surface area contributed by atoms with E-state index < -0.39 is 0 Å². The second-order valence-corrected chi connectivity index (χ2v) is 5.90. The van der Waals surface area contributed by atoms with E-state index in [1.165, 1.54) is 6.07 Å². The van der Waals surface area contributed by atoms with Crippen LogP contribution in [-0.2, 0) is 0 Å². The molecule has 1 unspecified atom stereocenters. The lowest BCUT2D eigenvalue weighted by Gasteiger charge is -2.14. The molecule has 0 heterocycles. The Morgan fingerprint density at radius 1 is 0.950 bits per heavy atom. The Hall–Kier alpha value is -1.38. The first-order chi connectivity index (χ1) is 9.66. The fraction of sp³-hybridized carbons (Fsp3) is 0.0588. The topological polar surface area (TPSA) is 0 Å². The third-order valence-electron chi connectivity index (χ3n) is 3.33. The molecule has 0 spiro atoms. The molecule has 100 valence electrons. The molecule has 0 amide bonds. The lowest BCUT2D eigenvalue weighted by molar-refractivity contribution is 0.619. The highest BCUT2D eigenvalue weighted by molar-refractivity contribution is 9.10. The summed E-state index contributed by atoms with van der Waals surface area (Å²) >= 11 is 9.71. The van der Waals surface area contributed by atoms with Gasteiger partial charge < -0.3 is 0 Å². The van der Waals surface area contributed by atoms with E-state index in [0.29, 0.717) is 4.47 Å². The first-order valence-corrected chi connectivity index (χ1v) is 7.46. The molecule has 3 aromatic carbocycles. The van der Waals surface area contributed by atoms with Crippen molar-refractivity contribution < 1.29 is 4.39 Å². The fourth-order valence-corrected chi connectivity index (χ4v) is 2.89. The zero-order valence-electron chi connectivity index (χ0n) is 10.5. The average molecular weight is 350 g/mol. The van der Waals surface area contributed by atoms with E-state index in [0.717, 1.165) is 21.9 Å². The Morgan fingerprint density at radius 2 is 1.70 bits per heavy atom. The molecule has 0 nitrogen and oxygen atoms in total. The molecular formula is C17H11BrClF. The minimum atomic E-state index is -0.372. The molecule has 0 fully saturated rings. The zero-order chi connectivity index (χ0) is 14.1. The Bertz CT molecular complexity index is 765. The van der Waals surface area contributed by atoms with Crippen LogP contribution in [0, 0.1) is 5.82 Å². The molecule has 20 heavy (non-hydrogen) atoms. The molecule has 0 aromatic heterocycles. The molecule has 3 aromatic rings. The fourth-order valence-electron chi connectivity index (χ4n) is 2.32. The summed E-state index contributed by atoms with van der Waals surface area (Å²) in [6.45, 7) is 0. The quantitative estimate of drug-likeness (QED) is 0.493. The van der Waals surface area contributed by atoms with Crippen LogP contribution >= 0.6 is 27.5 Å². The Kier molecular flexibility index (Phi) is 3.77. The minimum Gasteiger partial charge on any atom is -0.206 e. The molecule has 0 bridgehead atoms. The molecular weight excluding hydrogens is 339 g/mol. The highest BCUT2D eigenvalue weighted by atomic mass is 79.9. The zero-order valence-corrected chi connectivity index (χ0v) is 12.8. The summed E-state index contributed by atoms with van der Waals surface area (Å²) in [5.74, 6) is -0.298. The van der Waals surface area contributed by atoms with Crippen molar-refractivity contribution in [3.63, 3.8) is 0 Å². The second kappa shape index (κ2) is 5.55. The molecule has 0 saturated heterocycles. The number of rotatable bonds is 2. The molecule has 3 heteroatoms. The van der Waals surface area contributed by atoms with Gasteiger partial charge in [-0.3, -0.25) is 0 Å². The smallest absolute Gasteiger partial charge is 0.137 e. The second-order valence-electron chi connectivity index (χ2n) is 4.60. The monoisotopic (exact) mass is 348 g/mol. The van der Waals surface area contributed by atoms with Crippen LogP contribution in [0.4, 0.5) is 4.39 Å². The summed E-state index contributed by atoms with van der Waals surface area (Å²) in [6.07, 6.45) is 0. The van der Waals surface area contributed by atoms with Crippen molar-refractivity contribution in [1.82, 2.24) is 0 Å². The Balaban J connectivity index is 2.12. The van der Waals surface area contributed by atoms with Crippen LogP contribution in [0.1, 0.15) is 16.5 Å². The number of benzene rings is 3. The van der Waals surface area contributed by atoms with E-state index in [1.807, 2.05) is 48.5 Å². The van der Waals surface area contributed by atoms with Gasteiger partial charge in [0.05, 0.1) is 9.85 Å². The molecule has 1 atom stereocenters. The van der Waals surface area contributed by atoms with Gasteiger partial charge >= 0.3 is 0 Å². The normalized spacial score (nSPS) is 12.6. The predicted molar refractivity (Wildman–Crippen MR) is 85.7 cm³/mol. The summed E-state index contributed by atoms with van der Waals surface area (Å²) < 4.78 is 14.1. The Labute approximate surface area is 130 Å². The van der Waals surface area contributed by atoms with Crippen molar-refractivity contribution in [2.75, 3.05) is 0 Å². The van der Waals surface area contributed by atoms with E-state index in [-0.39, 0.29) is 11.2 Å². The number of alkyl halides is 1. The summed E-state index contributed by atoms with van der Waals surface area (Å²) in [4.78, 5) is 0. The van der Waals surface area contributed by atoms with Gasteiger partial charge in [0, 0.05) is 0 Å². The van der Waals surface area contributed by atoms with Crippen LogP contribution < -0.4 is 0 Å². The van der Waals surface area contributed by atoms with Crippen molar-refractivity contribution in [1.29, 1.82) is 0 Å². The van der Waals surface area contributed by atoms with Crippen LogP contribution in [-0.4, -0.2) is 0 Å². The lowest BCUT2D eigenvalue weighted by Crippen LogP contribution is -1.95. The highest BCUT2D eigenvalue weighted by Crippen LogP contribution is 2.34. The summed E-state index contributed by atoms with van der Waals surface area (Å²) in [6, 6.07) is 19.1. The molecule has 0 aliphatic carbocycles. The summed E-state index contributed by atoms with van der Waals surface area (Å²) in [7, 11) is 0. The van der Waals surface area contributed by atoms with Crippen molar-refractivity contribution in [2.24, 2.45) is 0 Å². The number of hydrogen-bond acceptors (Lipinski definition) is 0. The van der Waals surface area contributed by atoms with Crippen molar-refractivity contribution in [2.45, 2.75) is 5.38 Å². The number of halogens is 3. The van der Waals surface area contributed by atoms with Gasteiger partial charge in [-0.15, -0.1) is 11.6 Å². The number of fused-ring (bicyclic) bond motifs is 1. The van der Waals surface area contributed by atoms with Crippen LogP contribution in [0.5, 0.6) is 0 Å². The minimum absolute atomic E-state index is 0.298. The summed E-state index contributed by atoms with van der Waals surface area (Å²) in [5, 5.41) is 1.86. The van der Waals surface area contributed by atoms with Crippen LogP contribution in [0.15, 0.2) is 65.1 Å². The third kappa shape index (κ3) is 2.46. The summed E-state index contributed by atoms with van der Waals surface area (Å²) in [5.41, 5.74) is 1.75. The van der Waals surface area contributed by atoms with Crippen LogP contribution in [0.3, 0.4) is 0 Å². The van der Waals surface area contributed by atoms with Crippen LogP contribution in [0.2, 0.25) is 0 Å². The van der Waals surface area contributed by atoms with E-state index in [1.54, 1.807) is 6.07 Å². The van der Waals surface area contributed by atoms with E-state index >= 15 is 0 Å². The molecule has 0 radical (unpaired) electrons. The Morgan fingerprint density at radius 3 is 2.50 bits per heavy atom. The van der Waals surface area contributed by atoms with Gasteiger partial charge in [-0.2, -0.15) is 0 Å². The van der Waals surface area contributed by atoms with Gasteiger partial charge in [0.15, 0.2) is 0 Å². The first-order valence-electron chi connectivity index (χ1n) is 6.23. The maximum atomic E-state index is 13.7. The molecule has 0 N–H and O–H groups in total. The third-order valence-corrected chi connectivity index (χ3v) is 4.46. The highest BCUT2D eigenvalue weighted by Gasteiger charge is 2.15. The van der Waals surface area contributed by atoms with Gasteiger partial charge in [0.25, 0.3) is 0 Å². The molecule has 0 aliphatic rings. The van der Waals surface area contributed by atoms with Crippen molar-refractivity contribution in [3.05, 3.63) is 82.1 Å². The largest absolute Gasteiger partial charge is 0.206 e. The predicted octanol–water partition coefficient (Wildman–Crippen LogP) is 6.07. The van der Waals surface area contributed by atoms with E-state index in [4.69, 9.17) is 11.6 Å². The maximum Gasteiger partial charge on any atom is 0.137 e. The van der Waals surface area contributed by atoms with Gasteiger partial charge in [-0.05, 0) is 50.0 Å². The van der Waals surface area contributed by atoms with Crippen molar-refractivity contribution in [3.8, 4) is 0 Å². The van der Waals surface area contributed by atoms with Gasteiger partial charge in [-0.25, -0.2) is 4.39 Å². The van der Waals surface area contributed by atoms with Gasteiger partial charge in [0.1, 0.15) is 5.82 Å². The van der Waals surface area contributed by atoms with E-state index in [2.05, 4.69) is 15.9 Å². The van der Waals surface area contributed by atoms with Crippen LogP contribution in [0.25, 0.3) is 10.8 Å². The molecule has 0 saturated carbocycles. The number of hydrogen-bond donors (Lipinski definition) is 0. The maximum absolute atomic E-state index is 13.7. The average Bonchev–Trinajstić information content (AvgIpc) is 2.49. The standard InChI is InChI=1S/C17H11BrClF/c18-15-9-8-12(10-16(15)20)17(19)14-7-3-5-11-4-1-2-6-13(11)14/h1-10,17H. The molecule has 3 rings (SSSR count). The SMILES string of the molecule is Fc1cc(C(Cl)c2cccc3ccccc23)ccc1Br. The molecule has 0 aliphatic heterocycles. The lowest BCUT2D eigenvalue weighted by atomic mass is 9.98.